The number of ether oxygens (including phenoxy) is 1. The van der Waals surface area contributed by atoms with Gasteiger partial charge in [0.1, 0.15) is 16.6 Å². The Morgan fingerprint density at radius 1 is 1.32 bits per heavy atom. The molecular weight excluding hydrogens is 268 g/mol. The van der Waals surface area contributed by atoms with Gasteiger partial charge in [-0.15, -0.1) is 0 Å². The lowest BCUT2D eigenvalue weighted by molar-refractivity contribution is -0.384. The van der Waals surface area contributed by atoms with Gasteiger partial charge in [0.05, 0.1) is 12.0 Å². The molecule has 0 spiro atoms. The van der Waals surface area contributed by atoms with Gasteiger partial charge in [0.2, 0.25) is 0 Å². The summed E-state index contributed by atoms with van der Waals surface area (Å²) < 4.78 is 5.11. The van der Waals surface area contributed by atoms with E-state index in [1.807, 2.05) is 6.92 Å². The summed E-state index contributed by atoms with van der Waals surface area (Å²) in [5.41, 5.74) is 1.68. The molecule has 5 nitrogen and oxygen atoms in total. The van der Waals surface area contributed by atoms with E-state index in [1.165, 1.54) is 12.1 Å². The van der Waals surface area contributed by atoms with E-state index < -0.39 is 4.92 Å². The molecule has 0 aliphatic heterocycles. The molecule has 2 rings (SSSR count). The smallest absolute Gasteiger partial charge is 0.295 e. The summed E-state index contributed by atoms with van der Waals surface area (Å²) in [5, 5.41) is 11.3. The maximum Gasteiger partial charge on any atom is 0.295 e. The molecular formula is C13H11ClN2O3. The van der Waals surface area contributed by atoms with Crippen LogP contribution in [0.5, 0.6) is 5.75 Å². The number of nitrogens with zero attached hydrogens (tertiary/aromatic N) is 2. The van der Waals surface area contributed by atoms with Crippen LogP contribution in [0.2, 0.25) is 5.15 Å². The third-order valence-electron chi connectivity index (χ3n) is 2.73. The van der Waals surface area contributed by atoms with Gasteiger partial charge in [0, 0.05) is 11.6 Å². The average Bonchev–Trinajstić information content (AvgIpc) is 2.38. The Bertz CT molecular complexity index is 644. The minimum absolute atomic E-state index is 0.0716. The number of methoxy groups -OCH3 is 1. The molecule has 0 unspecified atom stereocenters. The fourth-order valence-corrected chi connectivity index (χ4v) is 1.95. The summed E-state index contributed by atoms with van der Waals surface area (Å²) in [6.45, 7) is 1.84. The molecule has 0 bridgehead atoms. The van der Waals surface area contributed by atoms with Crippen molar-refractivity contribution in [1.29, 1.82) is 0 Å². The molecule has 6 heteroatoms. The maximum atomic E-state index is 11.0. The highest BCUT2D eigenvalue weighted by Crippen LogP contribution is 2.33. The Labute approximate surface area is 115 Å². The minimum atomic E-state index is -0.470. The van der Waals surface area contributed by atoms with Gasteiger partial charge in [-0.05, 0) is 36.8 Å². The van der Waals surface area contributed by atoms with E-state index in [9.17, 15) is 10.1 Å². The predicted octanol–water partition coefficient (Wildman–Crippen LogP) is 3.63. The van der Waals surface area contributed by atoms with Crippen LogP contribution in [-0.2, 0) is 0 Å². The Hall–Kier alpha value is -2.14. The molecule has 0 radical (unpaired) electrons. The van der Waals surface area contributed by atoms with E-state index in [2.05, 4.69) is 4.98 Å². The Morgan fingerprint density at radius 3 is 2.63 bits per heavy atom. The lowest BCUT2D eigenvalue weighted by Gasteiger charge is -2.08. The van der Waals surface area contributed by atoms with Crippen LogP contribution in [0.1, 0.15) is 5.56 Å². The molecule has 1 heterocycles. The first-order chi connectivity index (χ1) is 9.02. The fourth-order valence-electron chi connectivity index (χ4n) is 1.80. The van der Waals surface area contributed by atoms with Crippen molar-refractivity contribution in [2.75, 3.05) is 7.11 Å². The van der Waals surface area contributed by atoms with Crippen molar-refractivity contribution in [3.8, 4) is 17.0 Å². The molecule has 0 fully saturated rings. The van der Waals surface area contributed by atoms with Crippen molar-refractivity contribution >= 4 is 17.3 Å². The van der Waals surface area contributed by atoms with Crippen LogP contribution >= 0.6 is 11.6 Å². The average molecular weight is 279 g/mol. The van der Waals surface area contributed by atoms with Crippen molar-refractivity contribution < 1.29 is 9.66 Å². The van der Waals surface area contributed by atoms with Gasteiger partial charge in [0.15, 0.2) is 0 Å². The van der Waals surface area contributed by atoms with Crippen LogP contribution in [-0.4, -0.2) is 17.0 Å². The van der Waals surface area contributed by atoms with Gasteiger partial charge >= 0.3 is 0 Å². The number of nitro groups is 1. The van der Waals surface area contributed by atoms with Gasteiger partial charge in [-0.1, -0.05) is 11.6 Å². The lowest BCUT2D eigenvalue weighted by atomic mass is 10.0. The molecule has 1 aromatic heterocycles. The van der Waals surface area contributed by atoms with Gasteiger partial charge < -0.3 is 4.74 Å². The van der Waals surface area contributed by atoms with E-state index in [4.69, 9.17) is 16.3 Å². The van der Waals surface area contributed by atoms with Crippen molar-refractivity contribution in [2.45, 2.75) is 6.92 Å². The normalized spacial score (nSPS) is 10.3. The second-order valence-electron chi connectivity index (χ2n) is 3.94. The summed E-state index contributed by atoms with van der Waals surface area (Å²) in [6.07, 6.45) is 0. The summed E-state index contributed by atoms with van der Waals surface area (Å²) >= 11 is 5.82. The SMILES string of the molecule is COc1ccc(-c2nc(Cl)ccc2[N+](=O)[O-])c(C)c1. The third-order valence-corrected chi connectivity index (χ3v) is 2.94. The van der Waals surface area contributed by atoms with Crippen LogP contribution < -0.4 is 4.74 Å². The predicted molar refractivity (Wildman–Crippen MR) is 72.6 cm³/mol. The Kier molecular flexibility index (Phi) is 3.66. The first-order valence-corrected chi connectivity index (χ1v) is 5.86. The summed E-state index contributed by atoms with van der Waals surface area (Å²) in [4.78, 5) is 14.6. The molecule has 0 saturated carbocycles. The molecule has 19 heavy (non-hydrogen) atoms. The van der Waals surface area contributed by atoms with E-state index in [1.54, 1.807) is 25.3 Å². The Morgan fingerprint density at radius 2 is 2.05 bits per heavy atom. The number of pyridine rings is 1. The summed E-state index contributed by atoms with van der Waals surface area (Å²) in [7, 11) is 1.56. The second kappa shape index (κ2) is 5.24. The fraction of sp³-hybridized carbons (Fsp3) is 0.154. The number of hydrogen-bond acceptors (Lipinski definition) is 4. The number of aryl methyl sites for hydroxylation is 1. The van der Waals surface area contributed by atoms with Gasteiger partial charge in [-0.2, -0.15) is 0 Å². The van der Waals surface area contributed by atoms with Crippen LogP contribution in [0.4, 0.5) is 5.69 Å². The number of rotatable bonds is 3. The maximum absolute atomic E-state index is 11.0. The molecule has 0 aliphatic carbocycles. The number of halogens is 1. The second-order valence-corrected chi connectivity index (χ2v) is 4.33. The van der Waals surface area contributed by atoms with Crippen molar-refractivity contribution in [2.24, 2.45) is 0 Å². The largest absolute Gasteiger partial charge is 0.497 e. The zero-order valence-corrected chi connectivity index (χ0v) is 11.1. The number of hydrogen-bond donors (Lipinski definition) is 0. The molecule has 1 aromatic carbocycles. The van der Waals surface area contributed by atoms with Crippen LogP contribution in [0.15, 0.2) is 30.3 Å². The number of benzene rings is 1. The number of aromatic nitrogens is 1. The van der Waals surface area contributed by atoms with Crippen LogP contribution in [0.3, 0.4) is 0 Å². The standard InChI is InChI=1S/C13H11ClN2O3/c1-8-7-9(19-2)3-4-10(8)13-11(16(17)18)5-6-12(14)15-13/h3-7H,1-2H3. The zero-order chi connectivity index (χ0) is 14.0. The molecule has 98 valence electrons. The van der Waals surface area contributed by atoms with Gasteiger partial charge in [-0.3, -0.25) is 10.1 Å². The molecule has 2 aromatic rings. The van der Waals surface area contributed by atoms with E-state index >= 15 is 0 Å². The van der Waals surface area contributed by atoms with E-state index in [0.29, 0.717) is 11.3 Å². The molecule has 0 amide bonds. The van der Waals surface area contributed by atoms with Crippen LogP contribution in [0.25, 0.3) is 11.3 Å². The zero-order valence-electron chi connectivity index (χ0n) is 10.4. The van der Waals surface area contributed by atoms with Gasteiger partial charge in [-0.25, -0.2) is 4.98 Å². The molecule has 0 aliphatic rings. The highest BCUT2D eigenvalue weighted by Gasteiger charge is 2.19. The van der Waals surface area contributed by atoms with Gasteiger partial charge in [0.25, 0.3) is 5.69 Å². The molecule has 0 saturated heterocycles. The highest BCUT2D eigenvalue weighted by molar-refractivity contribution is 6.29. The van der Waals surface area contributed by atoms with Crippen molar-refractivity contribution in [1.82, 2.24) is 4.98 Å². The minimum Gasteiger partial charge on any atom is -0.497 e. The van der Waals surface area contributed by atoms with Crippen molar-refractivity contribution in [3.63, 3.8) is 0 Å². The summed E-state index contributed by atoms with van der Waals surface area (Å²) in [5.74, 6) is 0.686. The third kappa shape index (κ3) is 2.66. The topological polar surface area (TPSA) is 65.3 Å². The van der Waals surface area contributed by atoms with Crippen molar-refractivity contribution in [3.05, 3.63) is 51.2 Å². The monoisotopic (exact) mass is 278 g/mol. The first kappa shape index (κ1) is 13.3. The highest BCUT2D eigenvalue weighted by atomic mass is 35.5. The molecule has 0 atom stereocenters. The summed E-state index contributed by atoms with van der Waals surface area (Å²) in [6, 6.07) is 8.02. The van der Waals surface area contributed by atoms with Crippen LogP contribution in [0, 0.1) is 17.0 Å². The lowest BCUT2D eigenvalue weighted by Crippen LogP contribution is -1.96. The quantitative estimate of drug-likeness (QED) is 0.488. The molecule has 0 N–H and O–H groups in total. The van der Waals surface area contributed by atoms with E-state index in [-0.39, 0.29) is 16.5 Å². The Balaban J connectivity index is 2.64. The first-order valence-electron chi connectivity index (χ1n) is 5.49. The van der Waals surface area contributed by atoms with E-state index in [0.717, 1.165) is 5.56 Å².